The number of piperazine rings is 2. The number of nitrogens with one attached hydrogen (secondary N) is 1. The number of likely N-dealkylation sites (N-methyl/N-ethyl adjacent to an activating group) is 1. The van der Waals surface area contributed by atoms with Crippen molar-refractivity contribution in [2.24, 2.45) is 10.8 Å². The zero-order valence-electron chi connectivity index (χ0n) is 19.9. The fraction of sp³-hybridized carbons (Fsp3) is 0.440. The van der Waals surface area contributed by atoms with Gasteiger partial charge in [-0.1, -0.05) is 17.7 Å². The van der Waals surface area contributed by atoms with Gasteiger partial charge in [-0.05, 0) is 62.9 Å². The summed E-state index contributed by atoms with van der Waals surface area (Å²) in [5.74, 6) is 0. The molecule has 7 nitrogen and oxygen atoms in total. The molecule has 0 aromatic heterocycles. The summed E-state index contributed by atoms with van der Waals surface area (Å²) >= 11 is 4.89. The molecule has 33 heavy (non-hydrogen) atoms. The average Bonchev–Trinajstić information content (AvgIpc) is 2.80. The predicted molar refractivity (Wildman–Crippen MR) is 144 cm³/mol. The Morgan fingerprint density at radius 1 is 0.879 bits per heavy atom. The molecule has 4 rings (SSSR count). The molecular formula is C25H35N7S. The maximum Gasteiger partial charge on any atom is 0.184 e. The lowest BCUT2D eigenvalue weighted by Crippen LogP contribution is -2.47. The Hall–Kier alpha value is -2.84. The summed E-state index contributed by atoms with van der Waals surface area (Å²) in [6.07, 6.45) is 1.83. The van der Waals surface area contributed by atoms with E-state index in [2.05, 4.69) is 87.4 Å². The molecule has 0 unspecified atom stereocenters. The topological polar surface area (TPSA) is 63.4 Å². The number of rotatable bonds is 5. The third-order valence-electron chi connectivity index (χ3n) is 6.59. The monoisotopic (exact) mass is 465 g/mol. The van der Waals surface area contributed by atoms with Gasteiger partial charge < -0.3 is 25.3 Å². The number of nitrogens with zero attached hydrogens (tertiary/aromatic N) is 5. The Morgan fingerprint density at radius 3 is 2.09 bits per heavy atom. The first kappa shape index (κ1) is 23.3. The molecule has 0 radical (unpaired) electrons. The highest BCUT2D eigenvalue weighted by molar-refractivity contribution is 7.80. The van der Waals surface area contributed by atoms with Gasteiger partial charge in [-0.2, -0.15) is 5.10 Å². The van der Waals surface area contributed by atoms with Crippen molar-refractivity contribution in [3.05, 3.63) is 53.1 Å². The fourth-order valence-electron chi connectivity index (χ4n) is 4.60. The van der Waals surface area contributed by atoms with E-state index in [1.54, 1.807) is 0 Å². The standard InChI is InChI=1S/C25H35N7S/c1-19-4-6-22(7-5-19)30-12-14-31(15-13-30)23-17-24(32-10-8-29(3)9-11-32)21(16-20(23)2)18-27-28-25(26)33/h4-7,16-18H,8-15H2,1-3H3,(H3,26,28,33)/b27-18+. The number of thiocarbonyl (C=S) groups is 1. The summed E-state index contributed by atoms with van der Waals surface area (Å²) in [5.41, 5.74) is 15.7. The number of aryl methyl sites for hydroxylation is 2. The van der Waals surface area contributed by atoms with E-state index >= 15 is 0 Å². The van der Waals surface area contributed by atoms with Gasteiger partial charge >= 0.3 is 0 Å². The van der Waals surface area contributed by atoms with E-state index in [1.165, 1.54) is 28.2 Å². The van der Waals surface area contributed by atoms with Crippen LogP contribution in [0.4, 0.5) is 17.1 Å². The summed E-state index contributed by atoms with van der Waals surface area (Å²) in [6.45, 7) is 12.5. The first-order valence-electron chi connectivity index (χ1n) is 11.6. The summed E-state index contributed by atoms with van der Waals surface area (Å²) in [5, 5.41) is 4.42. The highest BCUT2D eigenvalue weighted by atomic mass is 32.1. The van der Waals surface area contributed by atoms with Crippen LogP contribution in [0.25, 0.3) is 0 Å². The highest BCUT2D eigenvalue weighted by Crippen LogP contribution is 2.32. The molecule has 2 heterocycles. The second kappa shape index (κ2) is 10.4. The number of hydrogen-bond acceptors (Lipinski definition) is 6. The molecule has 8 heteroatoms. The minimum atomic E-state index is 0.173. The van der Waals surface area contributed by atoms with Crippen LogP contribution in [-0.4, -0.2) is 75.6 Å². The zero-order chi connectivity index (χ0) is 23.4. The number of anilines is 3. The maximum absolute atomic E-state index is 5.54. The quantitative estimate of drug-likeness (QED) is 0.400. The van der Waals surface area contributed by atoms with Crippen LogP contribution < -0.4 is 25.9 Å². The Labute approximate surface area is 202 Å². The first-order chi connectivity index (χ1) is 15.9. The van der Waals surface area contributed by atoms with Crippen LogP contribution in [0.15, 0.2) is 41.5 Å². The molecule has 2 aliphatic heterocycles. The summed E-state index contributed by atoms with van der Waals surface area (Å²) in [4.78, 5) is 9.84. The SMILES string of the molecule is Cc1ccc(N2CCN(c3cc(N4CCN(C)CC4)c(/C=N/NC(N)=S)cc3C)CC2)cc1. The number of hydrogen-bond donors (Lipinski definition) is 2. The van der Waals surface area contributed by atoms with Crippen molar-refractivity contribution >= 4 is 40.6 Å². The fourth-order valence-corrected chi connectivity index (χ4v) is 4.65. The van der Waals surface area contributed by atoms with Gasteiger partial charge in [0.2, 0.25) is 0 Å². The van der Waals surface area contributed by atoms with E-state index < -0.39 is 0 Å². The molecule has 2 aromatic carbocycles. The van der Waals surface area contributed by atoms with Crippen LogP contribution in [0.5, 0.6) is 0 Å². The molecule has 0 amide bonds. The van der Waals surface area contributed by atoms with Crippen molar-refractivity contribution in [2.45, 2.75) is 13.8 Å². The lowest BCUT2D eigenvalue weighted by atomic mass is 10.0. The van der Waals surface area contributed by atoms with Crippen molar-refractivity contribution in [3.63, 3.8) is 0 Å². The van der Waals surface area contributed by atoms with Gasteiger partial charge in [0.05, 0.1) is 6.21 Å². The first-order valence-corrected chi connectivity index (χ1v) is 12.0. The molecule has 2 saturated heterocycles. The van der Waals surface area contributed by atoms with Crippen molar-refractivity contribution in [1.82, 2.24) is 10.3 Å². The van der Waals surface area contributed by atoms with Crippen molar-refractivity contribution < 1.29 is 0 Å². The van der Waals surface area contributed by atoms with Crippen molar-refractivity contribution in [2.75, 3.05) is 74.1 Å². The van der Waals surface area contributed by atoms with Gasteiger partial charge in [0.1, 0.15) is 0 Å². The van der Waals surface area contributed by atoms with Crippen LogP contribution >= 0.6 is 12.2 Å². The van der Waals surface area contributed by atoms with Crippen molar-refractivity contribution in [1.29, 1.82) is 0 Å². The van der Waals surface area contributed by atoms with E-state index in [-0.39, 0.29) is 5.11 Å². The zero-order valence-corrected chi connectivity index (χ0v) is 20.7. The smallest absolute Gasteiger partial charge is 0.184 e. The van der Waals surface area contributed by atoms with E-state index in [4.69, 9.17) is 18.0 Å². The Balaban J connectivity index is 1.55. The Bertz CT molecular complexity index is 989. The predicted octanol–water partition coefficient (Wildman–Crippen LogP) is 2.55. The molecule has 0 saturated carbocycles. The van der Waals surface area contributed by atoms with Gasteiger partial charge in [-0.25, -0.2) is 0 Å². The lowest BCUT2D eigenvalue weighted by molar-refractivity contribution is 0.313. The minimum Gasteiger partial charge on any atom is -0.375 e. The van der Waals surface area contributed by atoms with Crippen LogP contribution in [0.1, 0.15) is 16.7 Å². The van der Waals surface area contributed by atoms with E-state index in [1.807, 2.05) is 6.21 Å². The van der Waals surface area contributed by atoms with Gasteiger partial charge in [0, 0.05) is 75.0 Å². The normalized spacial score (nSPS) is 17.6. The highest BCUT2D eigenvalue weighted by Gasteiger charge is 2.22. The molecule has 0 atom stereocenters. The molecule has 0 spiro atoms. The van der Waals surface area contributed by atoms with E-state index in [9.17, 15) is 0 Å². The van der Waals surface area contributed by atoms with E-state index in [0.717, 1.165) is 57.9 Å². The molecule has 2 fully saturated rings. The Kier molecular flexibility index (Phi) is 7.35. The third kappa shape index (κ3) is 5.75. The lowest BCUT2D eigenvalue weighted by Gasteiger charge is -2.39. The number of benzene rings is 2. The van der Waals surface area contributed by atoms with Gasteiger partial charge in [0.25, 0.3) is 0 Å². The second-order valence-electron chi connectivity index (χ2n) is 9.03. The number of nitrogens with two attached hydrogens (primary N) is 1. The molecule has 2 aliphatic rings. The summed E-state index contributed by atoms with van der Waals surface area (Å²) < 4.78 is 0. The molecule has 176 valence electrons. The maximum atomic E-state index is 5.54. The summed E-state index contributed by atoms with van der Waals surface area (Å²) in [6, 6.07) is 13.4. The van der Waals surface area contributed by atoms with Crippen LogP contribution in [0.2, 0.25) is 0 Å². The second-order valence-corrected chi connectivity index (χ2v) is 9.47. The average molecular weight is 466 g/mol. The summed E-state index contributed by atoms with van der Waals surface area (Å²) in [7, 11) is 2.18. The molecule has 0 bridgehead atoms. The van der Waals surface area contributed by atoms with Gasteiger partial charge in [-0.15, -0.1) is 0 Å². The van der Waals surface area contributed by atoms with Crippen LogP contribution in [-0.2, 0) is 0 Å². The van der Waals surface area contributed by atoms with Crippen molar-refractivity contribution in [3.8, 4) is 0 Å². The number of hydrazone groups is 1. The van der Waals surface area contributed by atoms with Crippen LogP contribution in [0, 0.1) is 13.8 Å². The Morgan fingerprint density at radius 2 is 1.45 bits per heavy atom. The third-order valence-corrected chi connectivity index (χ3v) is 6.68. The molecule has 0 aliphatic carbocycles. The minimum absolute atomic E-state index is 0.173. The van der Waals surface area contributed by atoms with Gasteiger partial charge in [0.15, 0.2) is 5.11 Å². The molecule has 2 aromatic rings. The molecular weight excluding hydrogens is 430 g/mol. The molecule has 3 N–H and O–H groups in total. The van der Waals surface area contributed by atoms with E-state index in [0.29, 0.717) is 0 Å². The largest absolute Gasteiger partial charge is 0.375 e. The van der Waals surface area contributed by atoms with Crippen LogP contribution in [0.3, 0.4) is 0 Å². The van der Waals surface area contributed by atoms with Gasteiger partial charge in [-0.3, -0.25) is 5.43 Å².